The maximum Gasteiger partial charge on any atom is 0.326 e. The summed E-state index contributed by atoms with van der Waals surface area (Å²) in [4.78, 5) is 26.7. The molecule has 2 aromatic heterocycles. The number of hydrogen-bond acceptors (Lipinski definition) is 7. The van der Waals surface area contributed by atoms with Crippen LogP contribution in [0.4, 0.5) is 11.6 Å². The Morgan fingerprint density at radius 3 is 2.87 bits per heavy atom. The molecule has 0 aliphatic carbocycles. The van der Waals surface area contributed by atoms with Gasteiger partial charge in [-0.3, -0.25) is 0 Å². The first-order valence-corrected chi connectivity index (χ1v) is 11.2. The molecule has 3 rings (SSSR count). The van der Waals surface area contributed by atoms with Crippen molar-refractivity contribution in [2.24, 2.45) is 0 Å². The van der Waals surface area contributed by atoms with Crippen LogP contribution in [0, 0.1) is 0 Å². The third kappa shape index (κ3) is 7.17. The van der Waals surface area contributed by atoms with Crippen LogP contribution in [-0.4, -0.2) is 62.6 Å². The van der Waals surface area contributed by atoms with E-state index < -0.39 is 12.0 Å². The molecule has 0 unspecified atom stereocenters. The van der Waals surface area contributed by atoms with Crippen molar-refractivity contribution >= 4 is 17.6 Å². The Hall–Kier alpha value is -2.74. The van der Waals surface area contributed by atoms with Crippen LogP contribution in [0.1, 0.15) is 50.8 Å². The molecule has 0 saturated heterocycles. The van der Waals surface area contributed by atoms with Gasteiger partial charge in [0.1, 0.15) is 24.0 Å². The van der Waals surface area contributed by atoms with Gasteiger partial charge in [0.05, 0.1) is 0 Å². The van der Waals surface area contributed by atoms with Crippen LogP contribution in [0.3, 0.4) is 0 Å². The Labute approximate surface area is 184 Å². The molecule has 0 aromatic carbocycles. The highest BCUT2D eigenvalue weighted by Gasteiger charge is 2.20. The average molecular weight is 427 g/mol. The van der Waals surface area contributed by atoms with Crippen LogP contribution in [-0.2, 0) is 17.6 Å². The molecule has 3 N–H and O–H groups in total. The van der Waals surface area contributed by atoms with Crippen LogP contribution >= 0.6 is 0 Å². The molecule has 168 valence electrons. The number of rotatable bonds is 12. The number of anilines is 2. The summed E-state index contributed by atoms with van der Waals surface area (Å²) in [5.74, 6) is 0.725. The summed E-state index contributed by atoms with van der Waals surface area (Å²) in [5, 5.41) is 16.0. The molecule has 31 heavy (non-hydrogen) atoms. The lowest BCUT2D eigenvalue weighted by atomic mass is 10.1. The first-order chi connectivity index (χ1) is 15.0. The predicted molar refractivity (Wildman–Crippen MR) is 122 cm³/mol. The first-order valence-electron chi connectivity index (χ1n) is 11.2. The number of hydrogen-bond donors (Lipinski definition) is 3. The van der Waals surface area contributed by atoms with E-state index in [4.69, 9.17) is 4.98 Å². The number of nitrogens with one attached hydrogen (secondary N) is 2. The molecule has 0 fully saturated rings. The molecule has 0 amide bonds. The van der Waals surface area contributed by atoms with Gasteiger partial charge in [-0.15, -0.1) is 0 Å². The maximum atomic E-state index is 11.7. The predicted octanol–water partition coefficient (Wildman–Crippen LogP) is 3.22. The largest absolute Gasteiger partial charge is 0.480 e. The fourth-order valence-electron chi connectivity index (χ4n) is 3.86. The zero-order valence-electron chi connectivity index (χ0n) is 18.5. The Kier molecular flexibility index (Phi) is 8.58. The van der Waals surface area contributed by atoms with E-state index in [9.17, 15) is 9.90 Å². The van der Waals surface area contributed by atoms with Gasteiger partial charge in [0, 0.05) is 31.0 Å². The second-order valence-corrected chi connectivity index (χ2v) is 8.35. The minimum absolute atomic E-state index is 0.361. The number of carboxylic acids is 1. The van der Waals surface area contributed by atoms with Crippen molar-refractivity contribution in [1.29, 1.82) is 0 Å². The Balaban J connectivity index is 1.44. The summed E-state index contributed by atoms with van der Waals surface area (Å²) >= 11 is 0. The standard InChI is InChI=1S/C23H34N6O2/c1-17(2)29(15-11-20(23(30)31)28-21-10-13-24-16-26-21)14-4-3-7-19-9-8-18-6-5-12-25-22(18)27-19/h8-10,13,16-17,20H,3-7,11-12,14-15H2,1-2H3,(H,25,27)(H,30,31)(H,24,26,28)/t20-/m0/s1. The lowest BCUT2D eigenvalue weighted by Crippen LogP contribution is -2.38. The van der Waals surface area contributed by atoms with Gasteiger partial charge in [-0.05, 0) is 76.6 Å². The zero-order valence-corrected chi connectivity index (χ0v) is 18.5. The Morgan fingerprint density at radius 1 is 1.26 bits per heavy atom. The van der Waals surface area contributed by atoms with Gasteiger partial charge in [0.15, 0.2) is 0 Å². The lowest BCUT2D eigenvalue weighted by Gasteiger charge is -2.28. The second kappa shape index (κ2) is 11.6. The number of pyridine rings is 1. The van der Waals surface area contributed by atoms with Gasteiger partial charge in [-0.1, -0.05) is 6.07 Å². The molecule has 2 aromatic rings. The number of aliphatic carboxylic acids is 1. The monoisotopic (exact) mass is 426 g/mol. The fraction of sp³-hybridized carbons (Fsp3) is 0.565. The quantitative estimate of drug-likeness (QED) is 0.445. The van der Waals surface area contributed by atoms with Gasteiger partial charge in [0.2, 0.25) is 0 Å². The number of fused-ring (bicyclic) bond motifs is 1. The van der Waals surface area contributed by atoms with E-state index in [2.05, 4.69) is 51.5 Å². The van der Waals surface area contributed by atoms with E-state index in [1.54, 1.807) is 12.3 Å². The molecular weight excluding hydrogens is 392 g/mol. The highest BCUT2D eigenvalue weighted by Crippen LogP contribution is 2.20. The topological polar surface area (TPSA) is 103 Å². The summed E-state index contributed by atoms with van der Waals surface area (Å²) in [6.07, 6.45) is 8.90. The SMILES string of the molecule is CC(C)N(CCCCc1ccc2c(n1)NCCC2)CC[C@H](Nc1ccncn1)C(=O)O. The smallest absolute Gasteiger partial charge is 0.326 e. The molecular formula is C23H34N6O2. The highest BCUT2D eigenvalue weighted by molar-refractivity contribution is 5.76. The summed E-state index contributed by atoms with van der Waals surface area (Å²) in [6, 6.07) is 5.73. The number of carboxylic acid groups (broad SMARTS) is 1. The number of unbranched alkanes of at least 4 members (excludes halogenated alkanes) is 1. The summed E-state index contributed by atoms with van der Waals surface area (Å²) < 4.78 is 0. The molecule has 0 radical (unpaired) electrons. The van der Waals surface area contributed by atoms with E-state index >= 15 is 0 Å². The zero-order chi connectivity index (χ0) is 22.1. The van der Waals surface area contributed by atoms with Crippen molar-refractivity contribution in [2.45, 2.75) is 64.5 Å². The van der Waals surface area contributed by atoms with Crippen molar-refractivity contribution in [2.75, 3.05) is 30.3 Å². The van der Waals surface area contributed by atoms with E-state index in [-0.39, 0.29) is 0 Å². The average Bonchev–Trinajstić information content (AvgIpc) is 2.77. The highest BCUT2D eigenvalue weighted by atomic mass is 16.4. The molecule has 0 saturated carbocycles. The molecule has 1 aliphatic heterocycles. The Bertz CT molecular complexity index is 830. The van der Waals surface area contributed by atoms with Gasteiger partial charge in [-0.2, -0.15) is 0 Å². The third-order valence-electron chi connectivity index (χ3n) is 5.72. The van der Waals surface area contributed by atoms with Gasteiger partial charge in [-0.25, -0.2) is 19.7 Å². The van der Waals surface area contributed by atoms with Crippen molar-refractivity contribution in [3.05, 3.63) is 42.0 Å². The van der Waals surface area contributed by atoms with Crippen LogP contribution in [0.25, 0.3) is 0 Å². The minimum Gasteiger partial charge on any atom is -0.480 e. The van der Waals surface area contributed by atoms with Crippen molar-refractivity contribution in [3.8, 4) is 0 Å². The summed E-state index contributed by atoms with van der Waals surface area (Å²) in [6.45, 7) is 6.99. The van der Waals surface area contributed by atoms with Crippen LogP contribution in [0.5, 0.6) is 0 Å². The van der Waals surface area contributed by atoms with Crippen molar-refractivity contribution in [3.63, 3.8) is 0 Å². The van der Waals surface area contributed by atoms with Gasteiger partial charge >= 0.3 is 5.97 Å². The van der Waals surface area contributed by atoms with Crippen molar-refractivity contribution < 1.29 is 9.90 Å². The van der Waals surface area contributed by atoms with Gasteiger partial charge < -0.3 is 20.6 Å². The van der Waals surface area contributed by atoms with E-state index in [1.165, 1.54) is 18.3 Å². The van der Waals surface area contributed by atoms with Crippen LogP contribution in [0.2, 0.25) is 0 Å². The van der Waals surface area contributed by atoms with Crippen molar-refractivity contribution in [1.82, 2.24) is 19.9 Å². The van der Waals surface area contributed by atoms with Crippen LogP contribution in [0.15, 0.2) is 30.7 Å². The molecule has 1 aliphatic rings. The summed E-state index contributed by atoms with van der Waals surface area (Å²) in [5.41, 5.74) is 2.47. The fourth-order valence-corrected chi connectivity index (χ4v) is 3.86. The van der Waals surface area contributed by atoms with E-state index in [1.807, 2.05) is 0 Å². The normalized spacial score (nSPS) is 14.2. The molecule has 3 heterocycles. The second-order valence-electron chi connectivity index (χ2n) is 8.35. The van der Waals surface area contributed by atoms with E-state index in [0.29, 0.717) is 24.8 Å². The number of carbonyl (C=O) groups is 1. The van der Waals surface area contributed by atoms with E-state index in [0.717, 1.165) is 50.3 Å². The summed E-state index contributed by atoms with van der Waals surface area (Å²) in [7, 11) is 0. The molecule has 1 atom stereocenters. The molecule has 8 nitrogen and oxygen atoms in total. The first kappa shape index (κ1) is 22.9. The molecule has 0 spiro atoms. The minimum atomic E-state index is -0.866. The molecule has 8 heteroatoms. The third-order valence-corrected chi connectivity index (χ3v) is 5.72. The Morgan fingerprint density at radius 2 is 2.13 bits per heavy atom. The van der Waals surface area contributed by atoms with Crippen LogP contribution < -0.4 is 10.6 Å². The molecule has 0 bridgehead atoms. The number of aryl methyl sites for hydroxylation is 2. The lowest BCUT2D eigenvalue weighted by molar-refractivity contribution is -0.138. The maximum absolute atomic E-state index is 11.7. The number of nitrogens with zero attached hydrogens (tertiary/aromatic N) is 4. The van der Waals surface area contributed by atoms with Gasteiger partial charge in [0.25, 0.3) is 0 Å². The number of aromatic nitrogens is 3.